The number of hydrogen-bond acceptors (Lipinski definition) is 5. The third-order valence-electron chi connectivity index (χ3n) is 4.11. The van der Waals surface area contributed by atoms with E-state index in [2.05, 4.69) is 15.5 Å². The molecule has 1 saturated carbocycles. The molecule has 0 bridgehead atoms. The van der Waals surface area contributed by atoms with Crippen LogP contribution in [0.25, 0.3) is 0 Å². The van der Waals surface area contributed by atoms with Gasteiger partial charge in [-0.25, -0.2) is 4.79 Å². The van der Waals surface area contributed by atoms with Crippen molar-refractivity contribution in [3.05, 3.63) is 11.7 Å². The van der Waals surface area contributed by atoms with Crippen LogP contribution < -0.4 is 5.32 Å². The zero-order valence-electron chi connectivity index (χ0n) is 13.7. The van der Waals surface area contributed by atoms with Crippen molar-refractivity contribution < 1.29 is 19.2 Å². The van der Waals surface area contributed by atoms with Crippen LogP contribution in [0.3, 0.4) is 0 Å². The smallest absolute Gasteiger partial charge is 0.326 e. The number of nitrogens with one attached hydrogen (secondary N) is 1. The molecule has 1 aliphatic rings. The second-order valence-electron chi connectivity index (χ2n) is 6.62. The summed E-state index contributed by atoms with van der Waals surface area (Å²) in [5.41, 5.74) is 0. The minimum Gasteiger partial charge on any atom is -0.480 e. The Balaban J connectivity index is 1.80. The number of aromatic nitrogens is 2. The summed E-state index contributed by atoms with van der Waals surface area (Å²) in [6, 6.07) is -0.848. The minimum atomic E-state index is -1.01. The average Bonchev–Trinajstić information content (AvgIpc) is 3.14. The first-order chi connectivity index (χ1) is 11.0. The number of nitrogens with zero attached hydrogens (tertiary/aromatic N) is 2. The van der Waals surface area contributed by atoms with E-state index in [0.29, 0.717) is 24.7 Å². The van der Waals surface area contributed by atoms with Gasteiger partial charge in [0, 0.05) is 18.8 Å². The van der Waals surface area contributed by atoms with Gasteiger partial charge in [0.15, 0.2) is 5.82 Å². The van der Waals surface area contributed by atoms with Gasteiger partial charge in [0.25, 0.3) is 0 Å². The van der Waals surface area contributed by atoms with Gasteiger partial charge in [-0.2, -0.15) is 4.98 Å². The largest absolute Gasteiger partial charge is 0.480 e. The minimum absolute atomic E-state index is 0.147. The van der Waals surface area contributed by atoms with Crippen molar-refractivity contribution in [3.8, 4) is 0 Å². The van der Waals surface area contributed by atoms with E-state index in [0.717, 1.165) is 18.7 Å². The maximum Gasteiger partial charge on any atom is 0.326 e. The first kappa shape index (κ1) is 17.4. The quantitative estimate of drug-likeness (QED) is 0.760. The Kier molecular flexibility index (Phi) is 6.12. The van der Waals surface area contributed by atoms with Crippen molar-refractivity contribution in [3.63, 3.8) is 0 Å². The molecule has 7 heteroatoms. The first-order valence-electron chi connectivity index (χ1n) is 8.30. The molecule has 2 rings (SSSR count). The van der Waals surface area contributed by atoms with E-state index in [1.807, 2.05) is 13.8 Å². The molecule has 0 saturated heterocycles. The summed E-state index contributed by atoms with van der Waals surface area (Å²) < 4.78 is 5.19. The maximum absolute atomic E-state index is 11.9. The molecule has 7 nitrogen and oxygen atoms in total. The van der Waals surface area contributed by atoms with Crippen molar-refractivity contribution in [1.82, 2.24) is 15.5 Å². The van der Waals surface area contributed by atoms with Gasteiger partial charge >= 0.3 is 5.97 Å². The van der Waals surface area contributed by atoms with Gasteiger partial charge < -0.3 is 14.9 Å². The maximum atomic E-state index is 11.9. The summed E-state index contributed by atoms with van der Waals surface area (Å²) >= 11 is 0. The molecule has 1 unspecified atom stereocenters. The molecule has 1 aliphatic carbocycles. The molecule has 1 aromatic rings. The van der Waals surface area contributed by atoms with Crippen molar-refractivity contribution in [2.75, 3.05) is 0 Å². The van der Waals surface area contributed by atoms with Gasteiger partial charge in [-0.1, -0.05) is 31.8 Å². The number of carbonyl (C=O) groups excluding carboxylic acids is 1. The highest BCUT2D eigenvalue weighted by Crippen LogP contribution is 2.32. The molecule has 1 heterocycles. The van der Waals surface area contributed by atoms with Crippen LogP contribution in [0.1, 0.15) is 70.0 Å². The summed E-state index contributed by atoms with van der Waals surface area (Å²) in [4.78, 5) is 27.4. The van der Waals surface area contributed by atoms with E-state index in [-0.39, 0.29) is 18.2 Å². The molecule has 0 spiro atoms. The van der Waals surface area contributed by atoms with E-state index < -0.39 is 12.0 Å². The highest BCUT2D eigenvalue weighted by atomic mass is 16.5. The predicted octanol–water partition coefficient (Wildman–Crippen LogP) is 2.28. The molecule has 0 aromatic carbocycles. The Bertz CT molecular complexity index is 535. The third kappa shape index (κ3) is 5.33. The lowest BCUT2D eigenvalue weighted by Gasteiger charge is -2.16. The highest BCUT2D eigenvalue weighted by molar-refractivity contribution is 5.83. The number of carboxylic acid groups (broad SMARTS) is 1. The summed E-state index contributed by atoms with van der Waals surface area (Å²) in [6.45, 7) is 3.84. The molecule has 1 amide bonds. The van der Waals surface area contributed by atoms with Crippen LogP contribution in [0.5, 0.6) is 0 Å². The van der Waals surface area contributed by atoms with Crippen molar-refractivity contribution in [2.24, 2.45) is 5.92 Å². The Labute approximate surface area is 135 Å². The molecule has 1 aromatic heterocycles. The van der Waals surface area contributed by atoms with E-state index >= 15 is 0 Å². The lowest BCUT2D eigenvalue weighted by Crippen LogP contribution is -2.41. The summed E-state index contributed by atoms with van der Waals surface area (Å²) in [6.07, 6.45) is 5.47. The number of amides is 1. The first-order valence-corrected chi connectivity index (χ1v) is 8.30. The average molecular weight is 323 g/mol. The topological polar surface area (TPSA) is 105 Å². The lowest BCUT2D eigenvalue weighted by molar-refractivity contribution is -0.142. The van der Waals surface area contributed by atoms with Gasteiger partial charge in [0.05, 0.1) is 0 Å². The molecular formula is C16H25N3O4. The number of aliphatic carboxylic acids is 1. The Hall–Kier alpha value is -1.92. The van der Waals surface area contributed by atoms with Crippen molar-refractivity contribution >= 4 is 11.9 Å². The molecular weight excluding hydrogens is 298 g/mol. The van der Waals surface area contributed by atoms with E-state index in [9.17, 15) is 9.59 Å². The number of rotatable bonds is 8. The van der Waals surface area contributed by atoms with Crippen LogP contribution in [0, 0.1) is 5.92 Å². The number of hydrogen-bond donors (Lipinski definition) is 2. The van der Waals surface area contributed by atoms with Gasteiger partial charge in [0.1, 0.15) is 6.04 Å². The number of carbonyl (C=O) groups is 2. The van der Waals surface area contributed by atoms with Crippen LogP contribution in [0.15, 0.2) is 4.52 Å². The van der Waals surface area contributed by atoms with E-state index in [4.69, 9.17) is 9.63 Å². The summed E-state index contributed by atoms with van der Waals surface area (Å²) in [5.74, 6) is 0.441. The van der Waals surface area contributed by atoms with Crippen LogP contribution in [0.2, 0.25) is 0 Å². The normalized spacial score (nSPS) is 16.7. The zero-order valence-corrected chi connectivity index (χ0v) is 13.7. The van der Waals surface area contributed by atoms with Gasteiger partial charge in [0.2, 0.25) is 11.8 Å². The Morgan fingerprint density at radius 2 is 2.04 bits per heavy atom. The van der Waals surface area contributed by atoms with Gasteiger partial charge in [-0.15, -0.1) is 0 Å². The molecule has 23 heavy (non-hydrogen) atoms. The van der Waals surface area contributed by atoms with Crippen LogP contribution in [-0.4, -0.2) is 33.2 Å². The second kappa shape index (κ2) is 8.08. The van der Waals surface area contributed by atoms with E-state index in [1.165, 1.54) is 12.8 Å². The lowest BCUT2D eigenvalue weighted by atomic mass is 10.0. The van der Waals surface area contributed by atoms with Crippen LogP contribution >= 0.6 is 0 Å². The highest BCUT2D eigenvalue weighted by Gasteiger charge is 2.23. The Morgan fingerprint density at radius 1 is 1.35 bits per heavy atom. The molecule has 2 N–H and O–H groups in total. The van der Waals surface area contributed by atoms with Crippen LogP contribution in [0.4, 0.5) is 0 Å². The fraction of sp³-hybridized carbons (Fsp3) is 0.750. The second-order valence-corrected chi connectivity index (χ2v) is 6.62. The van der Waals surface area contributed by atoms with Crippen LogP contribution in [-0.2, 0) is 16.0 Å². The molecule has 1 atom stereocenters. The molecule has 1 fully saturated rings. The SMILES string of the molecule is CC(C)CC(NC(=O)CCc1nc(C2CCCC2)no1)C(=O)O. The summed E-state index contributed by atoms with van der Waals surface area (Å²) in [5, 5.41) is 15.7. The molecule has 128 valence electrons. The van der Waals surface area contributed by atoms with Crippen molar-refractivity contribution in [2.45, 2.75) is 70.8 Å². The number of aryl methyl sites for hydroxylation is 1. The fourth-order valence-corrected chi connectivity index (χ4v) is 2.90. The summed E-state index contributed by atoms with van der Waals surface area (Å²) in [7, 11) is 0. The zero-order chi connectivity index (χ0) is 16.8. The van der Waals surface area contributed by atoms with Gasteiger partial charge in [-0.05, 0) is 25.2 Å². The molecule has 0 radical (unpaired) electrons. The third-order valence-corrected chi connectivity index (χ3v) is 4.11. The standard InChI is InChI=1S/C16H25N3O4/c1-10(2)9-12(16(21)22)17-13(20)7-8-14-18-15(19-23-14)11-5-3-4-6-11/h10-12H,3-9H2,1-2H3,(H,17,20)(H,21,22). The van der Waals surface area contributed by atoms with Gasteiger partial charge in [-0.3, -0.25) is 4.79 Å². The fourth-order valence-electron chi connectivity index (χ4n) is 2.90. The molecule has 0 aliphatic heterocycles. The Morgan fingerprint density at radius 3 is 2.65 bits per heavy atom. The predicted molar refractivity (Wildman–Crippen MR) is 82.8 cm³/mol. The van der Waals surface area contributed by atoms with E-state index in [1.54, 1.807) is 0 Å². The monoisotopic (exact) mass is 323 g/mol. The van der Waals surface area contributed by atoms with Crippen molar-refractivity contribution in [1.29, 1.82) is 0 Å². The number of carboxylic acids is 1.